The number of piperidine rings is 3. The molecule has 5 fully saturated rings. The Morgan fingerprint density at radius 2 is 1.47 bits per heavy atom. The van der Waals surface area contributed by atoms with Gasteiger partial charge in [-0.25, -0.2) is 14.4 Å². The number of ether oxygens (including phenoxy) is 3. The minimum Gasteiger partial charge on any atom is -0.488 e. The van der Waals surface area contributed by atoms with Crippen LogP contribution in [0.2, 0.25) is 0 Å². The normalized spacial score (nSPS) is 25.1. The van der Waals surface area contributed by atoms with Crippen LogP contribution in [0.4, 0.5) is 15.9 Å². The highest BCUT2D eigenvalue weighted by atomic mass is 19.1. The molecule has 310 valence electrons. The van der Waals surface area contributed by atoms with Gasteiger partial charge in [0.15, 0.2) is 5.82 Å². The van der Waals surface area contributed by atoms with Crippen LogP contribution < -0.4 is 19.9 Å². The van der Waals surface area contributed by atoms with E-state index in [0.717, 1.165) is 111 Å². The Bertz CT molecular complexity index is 2260. The Hall–Kier alpha value is -5.15. The number of hydrogen-bond donors (Lipinski definition) is 2. The van der Waals surface area contributed by atoms with Crippen molar-refractivity contribution < 1.29 is 33.0 Å². The quantitative estimate of drug-likeness (QED) is 0.186. The SMILES string of the molecule is CC1(Oc2ccc3n[nH]c(-c4cc(N5CCC(OC6CCC(OC7CCN(c8ccc9c(c8F)CN(C8CCC(=O)NC8=O)C9=O)CC7)CC6)CC5)ncn4)c3c2)CC1. The first-order chi connectivity index (χ1) is 28.7. The average molecular weight is 807 g/mol. The van der Waals surface area contributed by atoms with Gasteiger partial charge in [0.2, 0.25) is 11.8 Å². The summed E-state index contributed by atoms with van der Waals surface area (Å²) in [6.45, 7) is 5.23. The van der Waals surface area contributed by atoms with Gasteiger partial charge in [0.25, 0.3) is 5.91 Å². The fourth-order valence-electron chi connectivity index (χ4n) is 9.61. The standard InChI is InChI=1S/C44H51FN8O6/c1-44(16-17-44)59-30-6-8-34-32(22-30)41(50-49-34)35-23-38(47-25-46-35)52-20-14-29(15-21-52)58-27-4-2-26(3-5-27)57-28-12-18-51(19-13-28)36-9-7-31-33(40(36)45)24-53(43(31)56)37-10-11-39(54)48-42(37)55/h6-9,22-23,25-29,37H,2-5,10-21,24H2,1H3,(H,49,50)(H,48,54,55). The molecular weight excluding hydrogens is 756 g/mol. The van der Waals surface area contributed by atoms with Crippen molar-refractivity contribution in [3.63, 3.8) is 0 Å². The van der Waals surface area contributed by atoms with E-state index in [1.807, 2.05) is 23.1 Å². The second-order valence-electron chi connectivity index (χ2n) is 17.5. The number of halogens is 1. The molecular formula is C44H51FN8O6. The summed E-state index contributed by atoms with van der Waals surface area (Å²) in [6.07, 6.45) is 12.4. The molecule has 4 aromatic rings. The Morgan fingerprint density at radius 3 is 2.15 bits per heavy atom. The van der Waals surface area contributed by atoms with Crippen LogP contribution in [-0.2, 0) is 25.6 Å². The number of aromatic amines is 1. The summed E-state index contributed by atoms with van der Waals surface area (Å²) >= 11 is 0. The Balaban J connectivity index is 0.667. The number of carbonyl (C=O) groups excluding carboxylic acids is 3. The van der Waals surface area contributed by atoms with Crippen molar-refractivity contribution >= 4 is 40.1 Å². The van der Waals surface area contributed by atoms with E-state index in [1.54, 1.807) is 18.5 Å². The van der Waals surface area contributed by atoms with Crippen LogP contribution >= 0.6 is 0 Å². The van der Waals surface area contributed by atoms with E-state index in [-0.39, 0.29) is 61.2 Å². The number of H-pyrrole nitrogens is 1. The highest BCUT2D eigenvalue weighted by molar-refractivity contribution is 6.05. The van der Waals surface area contributed by atoms with E-state index >= 15 is 4.39 Å². The van der Waals surface area contributed by atoms with Gasteiger partial charge in [-0.15, -0.1) is 0 Å². The lowest BCUT2D eigenvalue weighted by atomic mass is 9.93. The van der Waals surface area contributed by atoms with Crippen molar-refractivity contribution in [1.82, 2.24) is 30.4 Å². The molecule has 10 rings (SSSR count). The molecule has 6 aliphatic rings. The number of hydrogen-bond acceptors (Lipinski definition) is 11. The van der Waals surface area contributed by atoms with Gasteiger partial charge < -0.3 is 28.9 Å². The van der Waals surface area contributed by atoms with Gasteiger partial charge in [0, 0.05) is 55.2 Å². The number of aromatic nitrogens is 4. The number of amides is 3. The van der Waals surface area contributed by atoms with E-state index in [4.69, 9.17) is 14.2 Å². The Morgan fingerprint density at radius 1 is 0.797 bits per heavy atom. The molecule has 15 heteroatoms. The Labute approximate surface area is 342 Å². The van der Waals surface area contributed by atoms with Crippen molar-refractivity contribution in [3.8, 4) is 17.1 Å². The van der Waals surface area contributed by atoms with Crippen LogP contribution in [0.5, 0.6) is 5.75 Å². The highest BCUT2D eigenvalue weighted by Crippen LogP contribution is 2.41. The summed E-state index contributed by atoms with van der Waals surface area (Å²) in [6, 6.07) is 10.7. The number of nitrogens with zero attached hydrogens (tertiary/aromatic N) is 6. The van der Waals surface area contributed by atoms with Crippen molar-refractivity contribution in [2.75, 3.05) is 36.0 Å². The van der Waals surface area contributed by atoms with E-state index in [9.17, 15) is 14.4 Å². The Kier molecular flexibility index (Phi) is 9.98. The number of anilines is 2. The molecule has 3 saturated heterocycles. The van der Waals surface area contributed by atoms with Crippen LogP contribution in [0, 0.1) is 5.82 Å². The molecule has 4 aliphatic heterocycles. The number of rotatable bonds is 10. The van der Waals surface area contributed by atoms with Crippen LogP contribution in [0.3, 0.4) is 0 Å². The zero-order valence-electron chi connectivity index (χ0n) is 33.5. The van der Waals surface area contributed by atoms with E-state index in [1.165, 1.54) is 4.90 Å². The summed E-state index contributed by atoms with van der Waals surface area (Å²) < 4.78 is 35.4. The molecule has 2 saturated carbocycles. The maximum Gasteiger partial charge on any atom is 0.255 e. The monoisotopic (exact) mass is 806 g/mol. The molecule has 0 spiro atoms. The summed E-state index contributed by atoms with van der Waals surface area (Å²) in [5.74, 6) is 0.145. The van der Waals surface area contributed by atoms with E-state index < -0.39 is 17.8 Å². The zero-order valence-corrected chi connectivity index (χ0v) is 33.5. The maximum absolute atomic E-state index is 15.9. The van der Waals surface area contributed by atoms with Gasteiger partial charge in [-0.2, -0.15) is 5.10 Å². The second kappa shape index (κ2) is 15.5. The summed E-state index contributed by atoms with van der Waals surface area (Å²) in [4.78, 5) is 52.2. The first-order valence-electron chi connectivity index (χ1n) is 21.4. The predicted octanol–water partition coefficient (Wildman–Crippen LogP) is 5.83. The molecule has 2 aromatic carbocycles. The molecule has 59 heavy (non-hydrogen) atoms. The van der Waals surface area contributed by atoms with Gasteiger partial charge >= 0.3 is 0 Å². The number of nitrogens with one attached hydrogen (secondary N) is 2. The smallest absolute Gasteiger partial charge is 0.255 e. The number of benzene rings is 2. The topological polar surface area (TPSA) is 155 Å². The van der Waals surface area contributed by atoms with E-state index in [0.29, 0.717) is 29.9 Å². The molecule has 1 atom stereocenters. The molecule has 0 bridgehead atoms. The van der Waals surface area contributed by atoms with Gasteiger partial charge in [-0.05, 0) is 108 Å². The first kappa shape index (κ1) is 38.1. The number of fused-ring (bicyclic) bond motifs is 2. The largest absolute Gasteiger partial charge is 0.488 e. The average Bonchev–Trinajstić information content (AvgIpc) is 3.66. The van der Waals surface area contributed by atoms with Crippen molar-refractivity contribution in [2.24, 2.45) is 0 Å². The third-order valence-corrected chi connectivity index (χ3v) is 13.3. The molecule has 2 aliphatic carbocycles. The van der Waals surface area contributed by atoms with Gasteiger partial charge in [0.1, 0.15) is 29.5 Å². The first-order valence-corrected chi connectivity index (χ1v) is 21.4. The van der Waals surface area contributed by atoms with Gasteiger partial charge in [0.05, 0.1) is 53.6 Å². The van der Waals surface area contributed by atoms with Crippen LogP contribution in [0.1, 0.15) is 99.9 Å². The third kappa shape index (κ3) is 7.74. The van der Waals surface area contributed by atoms with Crippen molar-refractivity contribution in [1.29, 1.82) is 0 Å². The third-order valence-electron chi connectivity index (χ3n) is 13.3. The molecule has 6 heterocycles. The maximum atomic E-state index is 15.9. The molecule has 14 nitrogen and oxygen atoms in total. The predicted molar refractivity (Wildman–Crippen MR) is 217 cm³/mol. The van der Waals surface area contributed by atoms with Gasteiger partial charge in [-0.1, -0.05) is 0 Å². The molecule has 1 unspecified atom stereocenters. The summed E-state index contributed by atoms with van der Waals surface area (Å²) in [7, 11) is 0. The molecule has 2 N–H and O–H groups in total. The zero-order chi connectivity index (χ0) is 40.3. The lowest BCUT2D eigenvalue weighted by Crippen LogP contribution is -2.52. The molecule has 2 aromatic heterocycles. The number of carbonyl (C=O) groups is 3. The fourth-order valence-corrected chi connectivity index (χ4v) is 9.61. The fraction of sp³-hybridized carbons (Fsp3) is 0.545. The van der Waals surface area contributed by atoms with Crippen LogP contribution in [-0.4, -0.2) is 105 Å². The van der Waals surface area contributed by atoms with Crippen molar-refractivity contribution in [2.45, 2.75) is 127 Å². The van der Waals surface area contributed by atoms with E-state index in [2.05, 4.69) is 43.4 Å². The number of imide groups is 1. The lowest BCUT2D eigenvalue weighted by molar-refractivity contribution is -0.136. The molecule has 0 radical (unpaired) electrons. The van der Waals surface area contributed by atoms with Crippen molar-refractivity contribution in [3.05, 3.63) is 59.7 Å². The van der Waals surface area contributed by atoms with Crippen LogP contribution in [0.25, 0.3) is 22.3 Å². The summed E-state index contributed by atoms with van der Waals surface area (Å²) in [5, 5.41) is 11.0. The molecule has 3 amide bonds. The minimum absolute atomic E-state index is 0.0255. The van der Waals surface area contributed by atoms with Crippen LogP contribution in [0.15, 0.2) is 42.7 Å². The lowest BCUT2D eigenvalue weighted by Gasteiger charge is -2.38. The second-order valence-corrected chi connectivity index (χ2v) is 17.5. The summed E-state index contributed by atoms with van der Waals surface area (Å²) in [5.41, 5.74) is 3.59. The minimum atomic E-state index is -0.768. The van der Waals surface area contributed by atoms with Gasteiger partial charge in [-0.3, -0.25) is 24.8 Å². The highest BCUT2D eigenvalue weighted by Gasteiger charge is 2.42.